The largest absolute Gasteiger partial charge is 0.456 e. The zero-order valence-corrected chi connectivity index (χ0v) is 29.7. The molecule has 1 atom stereocenters. The van der Waals surface area contributed by atoms with Crippen LogP contribution in [-0.2, 0) is 9.98 Å². The van der Waals surface area contributed by atoms with E-state index in [0.717, 1.165) is 60.7 Å². The highest BCUT2D eigenvalue weighted by Gasteiger charge is 2.48. The van der Waals surface area contributed by atoms with Crippen LogP contribution < -0.4 is 20.7 Å². The number of aromatic nitrogens is 1. The number of hydrogen-bond donors (Lipinski definition) is 0. The number of para-hydroxylation sites is 4. The lowest BCUT2D eigenvalue weighted by Gasteiger charge is -2.42. The van der Waals surface area contributed by atoms with Crippen LogP contribution in [-0.4, -0.2) is 4.57 Å². The third-order valence-electron chi connectivity index (χ3n) is 10.8. The van der Waals surface area contributed by atoms with Gasteiger partial charge in [0.25, 0.3) is 0 Å². The molecule has 1 unspecified atom stereocenters. The van der Waals surface area contributed by atoms with Crippen molar-refractivity contribution in [2.24, 2.45) is 0 Å². The number of rotatable bonds is 6. The fraction of sp³-hybridized carbons (Fsp3) is 0.0204. The molecule has 0 saturated carbocycles. The van der Waals surface area contributed by atoms with E-state index in [1.54, 1.807) is 0 Å². The summed E-state index contributed by atoms with van der Waals surface area (Å²) in [6, 6.07) is 71.1. The van der Waals surface area contributed by atoms with Gasteiger partial charge in [0.05, 0.1) is 21.8 Å². The van der Waals surface area contributed by atoms with Crippen molar-refractivity contribution in [2.75, 3.05) is 0 Å². The molecule has 53 heavy (non-hydrogen) atoms. The summed E-state index contributed by atoms with van der Waals surface area (Å²) in [4.78, 5) is 0. The van der Waals surface area contributed by atoms with Crippen LogP contribution in [0.2, 0.25) is 0 Å². The van der Waals surface area contributed by atoms with Gasteiger partial charge in [-0.15, -0.1) is 0 Å². The van der Waals surface area contributed by atoms with E-state index >= 15 is 4.57 Å². The predicted molar refractivity (Wildman–Crippen MR) is 219 cm³/mol. The Kier molecular flexibility index (Phi) is 7.32. The molecule has 9 aromatic rings. The summed E-state index contributed by atoms with van der Waals surface area (Å²) in [6.45, 7) is 0. The van der Waals surface area contributed by atoms with Gasteiger partial charge in [-0.3, -0.25) is 0 Å². The van der Waals surface area contributed by atoms with Crippen molar-refractivity contribution >= 4 is 44.9 Å². The molecule has 0 saturated heterocycles. The third kappa shape index (κ3) is 4.64. The molecule has 1 aliphatic heterocycles. The Hall–Kier alpha value is -6.41. The average molecular weight is 700 g/mol. The van der Waals surface area contributed by atoms with Crippen molar-refractivity contribution in [1.29, 1.82) is 0 Å². The molecule has 0 spiro atoms. The second-order valence-electron chi connectivity index (χ2n) is 13.6. The fourth-order valence-corrected chi connectivity index (χ4v) is 11.3. The van der Waals surface area contributed by atoms with Crippen LogP contribution in [0.3, 0.4) is 0 Å². The number of hydrogen-bond acceptors (Lipinski definition) is 2. The van der Waals surface area contributed by atoms with Crippen molar-refractivity contribution in [3.05, 3.63) is 229 Å². The lowest BCUT2D eigenvalue weighted by atomic mass is 9.63. The van der Waals surface area contributed by atoms with Crippen molar-refractivity contribution < 1.29 is 9.30 Å². The highest BCUT2D eigenvalue weighted by molar-refractivity contribution is 7.85. The van der Waals surface area contributed by atoms with Crippen molar-refractivity contribution in [3.63, 3.8) is 0 Å². The molecule has 0 bridgehead atoms. The van der Waals surface area contributed by atoms with Crippen LogP contribution in [0.15, 0.2) is 206 Å². The monoisotopic (exact) mass is 699 g/mol. The van der Waals surface area contributed by atoms with Gasteiger partial charge in [-0.25, -0.2) is 0 Å². The Morgan fingerprint density at radius 2 is 1.02 bits per heavy atom. The maximum absolute atomic E-state index is 16.1. The van der Waals surface area contributed by atoms with Gasteiger partial charge in [-0.05, 0) is 53.6 Å². The van der Waals surface area contributed by atoms with Gasteiger partial charge in [0, 0.05) is 38.2 Å². The molecule has 0 radical (unpaired) electrons. The Morgan fingerprint density at radius 1 is 0.453 bits per heavy atom. The zero-order chi connectivity index (χ0) is 35.4. The predicted octanol–water partition coefficient (Wildman–Crippen LogP) is 10.9. The standard InChI is InChI=1S/C49H34NO2P/c51-53(38-22-9-3-10-23-38,39-24-11-4-12-25-39)47-31-17-28-43-48(47)52-46-30-16-14-27-42(46)49(43,35-18-5-1-6-19-35)36-32-33-45-41(34-36)40-26-13-15-29-44(40)50(45)37-20-7-2-8-21-37/h1-34H. The molecule has 4 heteroatoms. The lowest BCUT2D eigenvalue weighted by molar-refractivity contribution is 0.438. The summed E-state index contributed by atoms with van der Waals surface area (Å²) in [7, 11) is -3.42. The van der Waals surface area contributed by atoms with E-state index in [4.69, 9.17) is 4.74 Å². The molecule has 0 amide bonds. The average Bonchev–Trinajstić information content (AvgIpc) is 3.57. The minimum absolute atomic E-state index is 0.637. The number of nitrogens with zero attached hydrogens (tertiary/aromatic N) is 1. The molecule has 252 valence electrons. The van der Waals surface area contributed by atoms with E-state index in [-0.39, 0.29) is 0 Å². The van der Waals surface area contributed by atoms with Gasteiger partial charge in [0.2, 0.25) is 0 Å². The van der Waals surface area contributed by atoms with E-state index in [0.29, 0.717) is 11.1 Å². The van der Waals surface area contributed by atoms with Crippen LogP contribution >= 0.6 is 7.14 Å². The highest BCUT2D eigenvalue weighted by Crippen LogP contribution is 2.58. The molecular formula is C49H34NO2P. The van der Waals surface area contributed by atoms with E-state index < -0.39 is 12.6 Å². The van der Waals surface area contributed by atoms with Crippen LogP contribution in [0.4, 0.5) is 0 Å². The van der Waals surface area contributed by atoms with Crippen LogP contribution in [0.1, 0.15) is 22.3 Å². The molecule has 8 aromatic carbocycles. The Labute approximate surface area is 308 Å². The van der Waals surface area contributed by atoms with Crippen molar-refractivity contribution in [1.82, 2.24) is 4.57 Å². The quantitative estimate of drug-likeness (QED) is 0.162. The summed E-state index contributed by atoms with van der Waals surface area (Å²) < 4.78 is 25.5. The summed E-state index contributed by atoms with van der Waals surface area (Å²) in [5.41, 5.74) is 6.81. The first kappa shape index (κ1) is 31.3. The van der Waals surface area contributed by atoms with E-state index in [2.05, 4.69) is 132 Å². The second kappa shape index (κ2) is 12.4. The normalized spacial score (nSPS) is 15.1. The van der Waals surface area contributed by atoms with Crippen LogP contribution in [0, 0.1) is 0 Å². The molecule has 1 aromatic heterocycles. The molecule has 3 nitrogen and oxygen atoms in total. The number of ether oxygens (including phenoxy) is 1. The van der Waals surface area contributed by atoms with E-state index in [9.17, 15) is 0 Å². The minimum Gasteiger partial charge on any atom is -0.456 e. The molecule has 0 aliphatic carbocycles. The maximum Gasteiger partial charge on any atom is 0.174 e. The van der Waals surface area contributed by atoms with Crippen molar-refractivity contribution in [2.45, 2.75) is 5.41 Å². The van der Waals surface area contributed by atoms with Gasteiger partial charge in [0.15, 0.2) is 7.14 Å². The van der Waals surface area contributed by atoms with Crippen molar-refractivity contribution in [3.8, 4) is 17.2 Å². The Morgan fingerprint density at radius 3 is 1.74 bits per heavy atom. The van der Waals surface area contributed by atoms with E-state index in [1.165, 1.54) is 5.39 Å². The summed E-state index contributed by atoms with van der Waals surface area (Å²) in [5.74, 6) is 1.38. The Balaban J connectivity index is 1.33. The summed E-state index contributed by atoms with van der Waals surface area (Å²) in [5, 5.41) is 4.57. The van der Waals surface area contributed by atoms with Gasteiger partial charge < -0.3 is 13.9 Å². The van der Waals surface area contributed by atoms with Gasteiger partial charge in [0.1, 0.15) is 11.5 Å². The number of benzene rings is 8. The first-order valence-electron chi connectivity index (χ1n) is 18.0. The third-order valence-corrected chi connectivity index (χ3v) is 13.9. The lowest BCUT2D eigenvalue weighted by Crippen LogP contribution is -2.37. The SMILES string of the molecule is O=P(c1ccccc1)(c1ccccc1)c1cccc2c1Oc1ccccc1C2(c1ccccc1)c1ccc2c(c1)c1ccccc1n2-c1ccccc1. The van der Waals surface area contributed by atoms with Gasteiger partial charge >= 0.3 is 0 Å². The molecule has 10 rings (SSSR count). The van der Waals surface area contributed by atoms with E-state index in [1.807, 2.05) is 78.9 Å². The first-order valence-corrected chi connectivity index (χ1v) is 19.7. The fourth-order valence-electron chi connectivity index (χ4n) is 8.54. The minimum atomic E-state index is -3.42. The zero-order valence-electron chi connectivity index (χ0n) is 28.8. The molecule has 0 N–H and O–H groups in total. The molecule has 0 fully saturated rings. The molecular weight excluding hydrogens is 666 g/mol. The molecule has 2 heterocycles. The first-order chi connectivity index (χ1) is 26.2. The van der Waals surface area contributed by atoms with Gasteiger partial charge in [-0.1, -0.05) is 164 Å². The molecule has 1 aliphatic rings. The summed E-state index contributed by atoms with van der Waals surface area (Å²) in [6.07, 6.45) is 0. The topological polar surface area (TPSA) is 31.2 Å². The van der Waals surface area contributed by atoms with Gasteiger partial charge in [-0.2, -0.15) is 0 Å². The smallest absolute Gasteiger partial charge is 0.174 e. The highest BCUT2D eigenvalue weighted by atomic mass is 31.2. The van der Waals surface area contributed by atoms with Crippen LogP contribution in [0.5, 0.6) is 11.5 Å². The number of fused-ring (bicyclic) bond motifs is 5. The second-order valence-corrected chi connectivity index (χ2v) is 16.3. The maximum atomic E-state index is 16.1. The summed E-state index contributed by atoms with van der Waals surface area (Å²) >= 11 is 0. The van der Waals surface area contributed by atoms with Crippen LogP contribution in [0.25, 0.3) is 27.5 Å². The Bertz CT molecular complexity index is 2790.